The molecule has 182 valence electrons. The molecule has 4 heteroatoms. The van der Waals surface area contributed by atoms with Crippen LogP contribution in [0.15, 0.2) is 115 Å². The van der Waals surface area contributed by atoms with E-state index in [4.69, 9.17) is 0 Å². The maximum absolute atomic E-state index is 13.7. The molecule has 36 heavy (non-hydrogen) atoms. The Bertz CT molecular complexity index is 1210. The Morgan fingerprint density at radius 1 is 0.694 bits per heavy atom. The molecule has 1 amide bonds. The number of hydrogen-bond acceptors (Lipinski definition) is 3. The average molecular weight is 476 g/mol. The normalized spacial score (nSPS) is 14.4. The number of amides is 1. The van der Waals surface area contributed by atoms with E-state index in [9.17, 15) is 4.79 Å². The second-order valence-electron chi connectivity index (χ2n) is 9.61. The second-order valence-corrected chi connectivity index (χ2v) is 9.61. The first-order valence-corrected chi connectivity index (χ1v) is 12.7. The van der Waals surface area contributed by atoms with Crippen LogP contribution in [0.3, 0.4) is 0 Å². The number of carbonyl (C=O) groups excluding carboxylic acids is 1. The van der Waals surface area contributed by atoms with Crippen LogP contribution in [0.5, 0.6) is 0 Å². The lowest BCUT2D eigenvalue weighted by Gasteiger charge is -2.36. The summed E-state index contributed by atoms with van der Waals surface area (Å²) in [6.45, 7) is 7.08. The van der Waals surface area contributed by atoms with Gasteiger partial charge in [0.1, 0.15) is 0 Å². The number of carbonyl (C=O) groups is 1. The molecule has 1 N–H and O–H groups in total. The number of anilines is 2. The lowest BCUT2D eigenvalue weighted by molar-refractivity contribution is -0.119. The van der Waals surface area contributed by atoms with Gasteiger partial charge in [-0.15, -0.1) is 0 Å². The van der Waals surface area contributed by atoms with Gasteiger partial charge in [-0.1, -0.05) is 91.0 Å². The molecule has 1 aliphatic heterocycles. The Morgan fingerprint density at radius 3 is 1.72 bits per heavy atom. The van der Waals surface area contributed by atoms with Gasteiger partial charge in [0.25, 0.3) is 0 Å². The van der Waals surface area contributed by atoms with Gasteiger partial charge in [0.2, 0.25) is 5.91 Å². The Kier molecular flexibility index (Phi) is 7.15. The number of hydrogen-bond donors (Lipinski definition) is 1. The first-order chi connectivity index (χ1) is 17.6. The zero-order valence-corrected chi connectivity index (χ0v) is 20.8. The van der Waals surface area contributed by atoms with Crippen molar-refractivity contribution in [2.24, 2.45) is 0 Å². The summed E-state index contributed by atoms with van der Waals surface area (Å²) >= 11 is 0. The van der Waals surface area contributed by atoms with E-state index in [1.54, 1.807) is 0 Å². The second kappa shape index (κ2) is 10.8. The van der Waals surface area contributed by atoms with E-state index in [2.05, 4.69) is 57.6 Å². The first kappa shape index (κ1) is 23.8. The number of piperazine rings is 1. The van der Waals surface area contributed by atoms with Gasteiger partial charge in [0.05, 0.1) is 5.41 Å². The molecule has 4 aromatic rings. The van der Waals surface area contributed by atoms with Crippen LogP contribution in [0.25, 0.3) is 0 Å². The summed E-state index contributed by atoms with van der Waals surface area (Å²) in [6.07, 6.45) is 0. The molecule has 1 aliphatic rings. The molecule has 1 fully saturated rings. The number of rotatable bonds is 7. The van der Waals surface area contributed by atoms with E-state index in [0.29, 0.717) is 0 Å². The Hall–Kier alpha value is -3.89. The highest BCUT2D eigenvalue weighted by atomic mass is 16.2. The third-order valence-corrected chi connectivity index (χ3v) is 7.27. The smallest absolute Gasteiger partial charge is 0.239 e. The molecule has 0 spiro atoms. The van der Waals surface area contributed by atoms with E-state index in [0.717, 1.165) is 49.5 Å². The van der Waals surface area contributed by atoms with E-state index < -0.39 is 5.41 Å². The Labute approximate surface area is 214 Å². The van der Waals surface area contributed by atoms with Crippen molar-refractivity contribution in [2.45, 2.75) is 18.9 Å². The molecule has 0 aliphatic carbocycles. The van der Waals surface area contributed by atoms with Crippen LogP contribution in [0.1, 0.15) is 23.6 Å². The van der Waals surface area contributed by atoms with Crippen molar-refractivity contribution in [3.05, 3.63) is 132 Å². The van der Waals surface area contributed by atoms with E-state index >= 15 is 0 Å². The van der Waals surface area contributed by atoms with E-state index in [1.165, 1.54) is 11.3 Å². The van der Waals surface area contributed by atoms with E-state index in [1.807, 2.05) is 79.7 Å². The summed E-state index contributed by atoms with van der Waals surface area (Å²) in [7, 11) is 0. The van der Waals surface area contributed by atoms with Crippen LogP contribution in [-0.2, 0) is 16.8 Å². The minimum atomic E-state index is -0.795. The van der Waals surface area contributed by atoms with Crippen molar-refractivity contribution in [3.8, 4) is 0 Å². The molecule has 0 bridgehead atoms. The standard InChI is InChI=1S/C32H33N3O/c1-32(27-13-7-3-8-14-27,28-15-9-4-10-16-28)31(36)33-29-17-19-30(20-18-29)35-23-21-34(22-24-35)25-26-11-5-2-6-12-26/h2-20H,21-25H2,1H3,(H,33,36). The summed E-state index contributed by atoms with van der Waals surface area (Å²) in [5.41, 5.74) is 4.52. The van der Waals surface area contributed by atoms with Crippen LogP contribution in [0, 0.1) is 0 Å². The van der Waals surface area contributed by atoms with Gasteiger partial charge in [-0.2, -0.15) is 0 Å². The van der Waals surface area contributed by atoms with Crippen LogP contribution in [-0.4, -0.2) is 37.0 Å². The van der Waals surface area contributed by atoms with Crippen molar-refractivity contribution in [1.29, 1.82) is 0 Å². The fourth-order valence-corrected chi connectivity index (χ4v) is 4.99. The van der Waals surface area contributed by atoms with Crippen LogP contribution in [0.4, 0.5) is 11.4 Å². The highest BCUT2D eigenvalue weighted by molar-refractivity contribution is 6.01. The van der Waals surface area contributed by atoms with Crippen LogP contribution < -0.4 is 10.2 Å². The molecule has 0 unspecified atom stereocenters. The van der Waals surface area contributed by atoms with Crippen molar-refractivity contribution in [2.75, 3.05) is 36.4 Å². The summed E-state index contributed by atoms with van der Waals surface area (Å²) in [4.78, 5) is 18.6. The monoisotopic (exact) mass is 475 g/mol. The van der Waals surface area contributed by atoms with Gasteiger partial charge in [0, 0.05) is 44.1 Å². The highest BCUT2D eigenvalue weighted by Gasteiger charge is 2.37. The number of nitrogens with one attached hydrogen (secondary N) is 1. The quantitative estimate of drug-likeness (QED) is 0.359. The van der Waals surface area contributed by atoms with Gasteiger partial charge in [-0.25, -0.2) is 0 Å². The SMILES string of the molecule is CC(C(=O)Nc1ccc(N2CCN(Cc3ccccc3)CC2)cc1)(c1ccccc1)c1ccccc1. The molecule has 5 rings (SSSR count). The van der Waals surface area contributed by atoms with Crippen molar-refractivity contribution < 1.29 is 4.79 Å². The van der Waals surface area contributed by atoms with Gasteiger partial charge >= 0.3 is 0 Å². The highest BCUT2D eigenvalue weighted by Crippen LogP contribution is 2.33. The zero-order chi connectivity index (χ0) is 24.8. The predicted octanol–water partition coefficient (Wildman–Crippen LogP) is 5.95. The minimum Gasteiger partial charge on any atom is -0.369 e. The summed E-state index contributed by atoms with van der Waals surface area (Å²) in [5, 5.41) is 3.18. The van der Waals surface area contributed by atoms with Crippen LogP contribution in [0.2, 0.25) is 0 Å². The molecular weight excluding hydrogens is 442 g/mol. The molecule has 4 nitrogen and oxygen atoms in total. The Balaban J connectivity index is 1.25. The topological polar surface area (TPSA) is 35.6 Å². The van der Waals surface area contributed by atoms with Gasteiger partial charge < -0.3 is 10.2 Å². The lowest BCUT2D eigenvalue weighted by Crippen LogP contribution is -2.45. The molecule has 1 saturated heterocycles. The first-order valence-electron chi connectivity index (χ1n) is 12.7. The van der Waals surface area contributed by atoms with E-state index in [-0.39, 0.29) is 5.91 Å². The third-order valence-electron chi connectivity index (χ3n) is 7.27. The molecule has 0 aromatic heterocycles. The molecule has 0 radical (unpaired) electrons. The van der Waals surface area contributed by atoms with Crippen LogP contribution >= 0.6 is 0 Å². The summed E-state index contributed by atoms with van der Waals surface area (Å²) in [5.74, 6) is -0.0397. The number of benzene rings is 4. The summed E-state index contributed by atoms with van der Waals surface area (Å²) < 4.78 is 0. The van der Waals surface area contributed by atoms with Crippen molar-refractivity contribution in [1.82, 2.24) is 4.90 Å². The third kappa shape index (κ3) is 5.19. The van der Waals surface area contributed by atoms with Gasteiger partial charge in [-0.05, 0) is 47.9 Å². The molecule has 0 atom stereocenters. The lowest BCUT2D eigenvalue weighted by atomic mass is 9.75. The molecule has 1 heterocycles. The predicted molar refractivity (Wildman–Crippen MR) is 148 cm³/mol. The molecule has 0 saturated carbocycles. The average Bonchev–Trinajstić information content (AvgIpc) is 2.95. The summed E-state index contributed by atoms with van der Waals surface area (Å²) in [6, 6.07) is 38.9. The molecular formula is C32H33N3O. The fourth-order valence-electron chi connectivity index (χ4n) is 4.99. The molecule has 4 aromatic carbocycles. The number of nitrogens with zero attached hydrogens (tertiary/aromatic N) is 2. The van der Waals surface area contributed by atoms with Crippen molar-refractivity contribution >= 4 is 17.3 Å². The minimum absolute atomic E-state index is 0.0397. The zero-order valence-electron chi connectivity index (χ0n) is 20.8. The Morgan fingerprint density at radius 2 is 1.19 bits per heavy atom. The largest absolute Gasteiger partial charge is 0.369 e. The van der Waals surface area contributed by atoms with Crippen molar-refractivity contribution in [3.63, 3.8) is 0 Å². The fraction of sp³-hybridized carbons (Fsp3) is 0.219. The van der Waals surface area contributed by atoms with Gasteiger partial charge in [-0.3, -0.25) is 9.69 Å². The maximum Gasteiger partial charge on any atom is 0.239 e. The van der Waals surface area contributed by atoms with Gasteiger partial charge in [0.15, 0.2) is 0 Å². The maximum atomic E-state index is 13.7.